The standard InChI is InChI=1S/C14H24N4O5S/c1-11-12(13(19)17(3)14(20)16(11)2)24(21,22)15-5-4-6-18-7-9-23-10-8-18/h15H,4-10H2,1-3H3. The van der Waals surface area contributed by atoms with Crippen molar-refractivity contribution in [2.24, 2.45) is 14.1 Å². The molecule has 1 fully saturated rings. The van der Waals surface area contributed by atoms with E-state index in [9.17, 15) is 18.0 Å². The largest absolute Gasteiger partial charge is 0.379 e. The zero-order chi connectivity index (χ0) is 17.9. The molecule has 136 valence electrons. The van der Waals surface area contributed by atoms with Gasteiger partial charge in [-0.3, -0.25) is 18.8 Å². The first kappa shape index (κ1) is 18.8. The maximum absolute atomic E-state index is 12.5. The van der Waals surface area contributed by atoms with Gasteiger partial charge in [0.1, 0.15) is 0 Å². The third-order valence-electron chi connectivity index (χ3n) is 4.22. The number of aromatic nitrogens is 2. The first-order valence-electron chi connectivity index (χ1n) is 7.82. The zero-order valence-electron chi connectivity index (χ0n) is 14.2. The Morgan fingerprint density at radius 2 is 1.75 bits per heavy atom. The molecule has 0 radical (unpaired) electrons. The predicted octanol–water partition coefficient (Wildman–Crippen LogP) is -1.61. The monoisotopic (exact) mass is 360 g/mol. The summed E-state index contributed by atoms with van der Waals surface area (Å²) < 4.78 is 34.6. The molecule has 1 N–H and O–H groups in total. The Kier molecular flexibility index (Phi) is 5.97. The molecule has 1 aliphatic rings. The lowest BCUT2D eigenvalue weighted by molar-refractivity contribution is 0.0376. The van der Waals surface area contributed by atoms with Crippen LogP contribution in [0.2, 0.25) is 0 Å². The predicted molar refractivity (Wildman–Crippen MR) is 88.7 cm³/mol. The van der Waals surface area contributed by atoms with Crippen LogP contribution in [0.15, 0.2) is 14.5 Å². The number of morpholine rings is 1. The highest BCUT2D eigenvalue weighted by atomic mass is 32.2. The zero-order valence-corrected chi connectivity index (χ0v) is 15.1. The fourth-order valence-corrected chi connectivity index (χ4v) is 4.08. The van der Waals surface area contributed by atoms with Gasteiger partial charge in [0, 0.05) is 39.4 Å². The minimum absolute atomic E-state index is 0.128. The van der Waals surface area contributed by atoms with Crippen LogP contribution in [0.3, 0.4) is 0 Å². The van der Waals surface area contributed by atoms with Crippen molar-refractivity contribution in [3.8, 4) is 0 Å². The van der Waals surface area contributed by atoms with E-state index in [1.54, 1.807) is 0 Å². The second-order valence-electron chi connectivity index (χ2n) is 5.83. The molecule has 1 saturated heterocycles. The van der Waals surface area contributed by atoms with Gasteiger partial charge >= 0.3 is 5.69 Å². The average molecular weight is 360 g/mol. The third kappa shape index (κ3) is 3.94. The molecule has 0 aromatic carbocycles. The first-order valence-corrected chi connectivity index (χ1v) is 9.30. The van der Waals surface area contributed by atoms with E-state index < -0.39 is 21.3 Å². The highest BCUT2D eigenvalue weighted by Gasteiger charge is 2.24. The summed E-state index contributed by atoms with van der Waals surface area (Å²) in [5, 5.41) is 0. The molecule has 0 bridgehead atoms. The Labute approximate surface area is 140 Å². The number of nitrogens with zero attached hydrogens (tertiary/aromatic N) is 3. The van der Waals surface area contributed by atoms with Gasteiger partial charge in [-0.25, -0.2) is 17.9 Å². The van der Waals surface area contributed by atoms with Crippen LogP contribution in [0, 0.1) is 6.92 Å². The molecular formula is C14H24N4O5S. The summed E-state index contributed by atoms with van der Waals surface area (Å²) in [7, 11) is -1.27. The molecule has 1 aromatic rings. The fourth-order valence-electron chi connectivity index (χ4n) is 2.63. The normalized spacial score (nSPS) is 16.5. The van der Waals surface area contributed by atoms with Crippen molar-refractivity contribution in [2.75, 3.05) is 39.4 Å². The first-order chi connectivity index (χ1) is 11.3. The van der Waals surface area contributed by atoms with Gasteiger partial charge in [-0.2, -0.15) is 0 Å². The van der Waals surface area contributed by atoms with Crippen LogP contribution >= 0.6 is 0 Å². The van der Waals surface area contributed by atoms with Gasteiger partial charge in [-0.05, 0) is 19.9 Å². The minimum atomic E-state index is -3.97. The van der Waals surface area contributed by atoms with E-state index in [2.05, 4.69) is 9.62 Å². The molecule has 2 heterocycles. The summed E-state index contributed by atoms with van der Waals surface area (Å²) in [6.07, 6.45) is 0.629. The summed E-state index contributed by atoms with van der Waals surface area (Å²) in [6.45, 7) is 5.50. The van der Waals surface area contributed by atoms with Gasteiger partial charge in [0.05, 0.1) is 13.2 Å². The fraction of sp³-hybridized carbons (Fsp3) is 0.714. The molecule has 0 spiro atoms. The van der Waals surface area contributed by atoms with Crippen molar-refractivity contribution in [3.05, 3.63) is 26.5 Å². The van der Waals surface area contributed by atoms with Crippen LogP contribution in [-0.2, 0) is 28.9 Å². The molecular weight excluding hydrogens is 336 g/mol. The molecule has 0 amide bonds. The van der Waals surface area contributed by atoms with Gasteiger partial charge in [0.2, 0.25) is 10.0 Å². The topological polar surface area (TPSA) is 103 Å². The van der Waals surface area contributed by atoms with E-state index in [0.717, 1.165) is 28.8 Å². The SMILES string of the molecule is Cc1c(S(=O)(=O)NCCCN2CCOCC2)c(=O)n(C)c(=O)n1C. The molecule has 10 heteroatoms. The third-order valence-corrected chi connectivity index (χ3v) is 5.81. The van der Waals surface area contributed by atoms with Crippen LogP contribution in [0.4, 0.5) is 0 Å². The molecule has 1 aromatic heterocycles. The summed E-state index contributed by atoms with van der Waals surface area (Å²) in [4.78, 5) is 25.8. The highest BCUT2D eigenvalue weighted by Crippen LogP contribution is 2.07. The summed E-state index contributed by atoms with van der Waals surface area (Å²) in [6, 6.07) is 0. The lowest BCUT2D eigenvalue weighted by atomic mass is 10.3. The molecule has 2 rings (SSSR count). The number of ether oxygens (including phenoxy) is 1. The molecule has 0 saturated carbocycles. The Bertz CT molecular complexity index is 806. The van der Waals surface area contributed by atoms with Crippen LogP contribution in [0.25, 0.3) is 0 Å². The summed E-state index contributed by atoms with van der Waals surface area (Å²) >= 11 is 0. The summed E-state index contributed by atoms with van der Waals surface area (Å²) in [5.74, 6) is 0. The number of sulfonamides is 1. The molecule has 0 atom stereocenters. The van der Waals surface area contributed by atoms with Crippen molar-refractivity contribution in [2.45, 2.75) is 18.2 Å². The van der Waals surface area contributed by atoms with E-state index in [1.807, 2.05) is 0 Å². The average Bonchev–Trinajstić information content (AvgIpc) is 2.56. The maximum Gasteiger partial charge on any atom is 0.330 e. The van der Waals surface area contributed by atoms with Crippen LogP contribution < -0.4 is 16.0 Å². The number of rotatable bonds is 6. The van der Waals surface area contributed by atoms with Gasteiger partial charge < -0.3 is 4.74 Å². The molecule has 9 nitrogen and oxygen atoms in total. The Balaban J connectivity index is 2.08. The van der Waals surface area contributed by atoms with Crippen molar-refractivity contribution in [1.29, 1.82) is 0 Å². The van der Waals surface area contributed by atoms with Crippen LogP contribution in [-0.4, -0.2) is 61.8 Å². The second kappa shape index (κ2) is 7.60. The number of hydrogen-bond acceptors (Lipinski definition) is 6. The quantitative estimate of drug-likeness (QED) is 0.613. The Morgan fingerprint density at radius 1 is 1.12 bits per heavy atom. The lowest BCUT2D eigenvalue weighted by Gasteiger charge is -2.26. The summed E-state index contributed by atoms with van der Waals surface area (Å²) in [5.41, 5.74) is -1.23. The Morgan fingerprint density at radius 3 is 2.38 bits per heavy atom. The lowest BCUT2D eigenvalue weighted by Crippen LogP contribution is -2.43. The van der Waals surface area contributed by atoms with Crippen LogP contribution in [0.5, 0.6) is 0 Å². The van der Waals surface area contributed by atoms with Gasteiger partial charge in [-0.15, -0.1) is 0 Å². The molecule has 24 heavy (non-hydrogen) atoms. The molecule has 1 aliphatic heterocycles. The Hall–Kier alpha value is -1.49. The number of nitrogens with one attached hydrogen (secondary N) is 1. The second-order valence-corrected chi connectivity index (χ2v) is 7.53. The minimum Gasteiger partial charge on any atom is -0.379 e. The van der Waals surface area contributed by atoms with Gasteiger partial charge in [0.25, 0.3) is 5.56 Å². The van der Waals surface area contributed by atoms with Crippen LogP contribution in [0.1, 0.15) is 12.1 Å². The van der Waals surface area contributed by atoms with E-state index in [4.69, 9.17) is 4.74 Å². The van der Waals surface area contributed by atoms with E-state index in [-0.39, 0.29) is 17.1 Å². The van der Waals surface area contributed by atoms with Crippen molar-refractivity contribution in [1.82, 2.24) is 18.8 Å². The number of hydrogen-bond donors (Lipinski definition) is 1. The molecule has 0 unspecified atom stereocenters. The highest BCUT2D eigenvalue weighted by molar-refractivity contribution is 7.89. The van der Waals surface area contributed by atoms with Crippen molar-refractivity contribution >= 4 is 10.0 Å². The maximum atomic E-state index is 12.5. The van der Waals surface area contributed by atoms with E-state index >= 15 is 0 Å². The smallest absolute Gasteiger partial charge is 0.330 e. The van der Waals surface area contributed by atoms with Gasteiger partial charge in [-0.1, -0.05) is 0 Å². The van der Waals surface area contributed by atoms with Crippen molar-refractivity contribution in [3.63, 3.8) is 0 Å². The van der Waals surface area contributed by atoms with Crippen molar-refractivity contribution < 1.29 is 13.2 Å². The van der Waals surface area contributed by atoms with Gasteiger partial charge in [0.15, 0.2) is 4.90 Å². The van der Waals surface area contributed by atoms with E-state index in [1.165, 1.54) is 21.0 Å². The molecule has 0 aliphatic carbocycles. The van der Waals surface area contributed by atoms with E-state index in [0.29, 0.717) is 19.6 Å².